The molecule has 0 radical (unpaired) electrons. The average Bonchev–Trinajstić information content (AvgIpc) is 2.55. The Balaban J connectivity index is 1.91. The number of carbonyl (C=O) groups excluding carboxylic acids is 1. The van der Waals surface area contributed by atoms with Gasteiger partial charge in [-0.3, -0.25) is 9.78 Å². The Morgan fingerprint density at radius 2 is 1.92 bits per heavy atom. The highest BCUT2D eigenvalue weighted by Gasteiger charge is 2.41. The van der Waals surface area contributed by atoms with Crippen LogP contribution in [0.4, 0.5) is 13.2 Å². The maximum absolute atomic E-state index is 12.7. The molecule has 1 unspecified atom stereocenters. The third kappa shape index (κ3) is 5.42. The molecule has 1 amide bonds. The molecule has 140 valence electrons. The fourth-order valence-electron chi connectivity index (χ4n) is 3.40. The lowest BCUT2D eigenvalue weighted by atomic mass is 9.81. The van der Waals surface area contributed by atoms with Crippen molar-refractivity contribution in [3.63, 3.8) is 0 Å². The molecule has 1 aromatic rings. The number of hydrogen-bond donors (Lipinski definition) is 2. The highest BCUT2D eigenvalue weighted by atomic mass is 19.4. The second-order valence-electron chi connectivity index (χ2n) is 7.23. The Morgan fingerprint density at radius 3 is 2.36 bits per heavy atom. The summed E-state index contributed by atoms with van der Waals surface area (Å²) in [5.74, 6) is -1.15. The molecule has 4 nitrogen and oxygen atoms in total. The van der Waals surface area contributed by atoms with Crippen molar-refractivity contribution in [3.05, 3.63) is 29.6 Å². The van der Waals surface area contributed by atoms with E-state index in [0.717, 1.165) is 5.69 Å². The minimum atomic E-state index is -4.06. The molecule has 1 fully saturated rings. The van der Waals surface area contributed by atoms with Crippen LogP contribution in [-0.4, -0.2) is 23.6 Å². The number of nitrogens with one attached hydrogen (secondary N) is 1. The van der Waals surface area contributed by atoms with Gasteiger partial charge in [0.25, 0.3) is 0 Å². The third-order valence-corrected chi connectivity index (χ3v) is 4.99. The number of hydrogen-bond acceptors (Lipinski definition) is 3. The van der Waals surface area contributed by atoms with Crippen LogP contribution in [0.2, 0.25) is 0 Å². The third-order valence-electron chi connectivity index (χ3n) is 4.99. The number of nitrogens with zero attached hydrogens (tertiary/aromatic N) is 1. The van der Waals surface area contributed by atoms with Gasteiger partial charge in [0.1, 0.15) is 0 Å². The van der Waals surface area contributed by atoms with Crippen LogP contribution in [0, 0.1) is 17.8 Å². The number of nitrogens with two attached hydrogens (primary N) is 1. The molecule has 0 spiro atoms. The van der Waals surface area contributed by atoms with Gasteiger partial charge in [-0.1, -0.05) is 13.8 Å². The van der Waals surface area contributed by atoms with Gasteiger partial charge in [0.15, 0.2) is 0 Å². The molecule has 0 saturated heterocycles. The van der Waals surface area contributed by atoms with Crippen LogP contribution >= 0.6 is 0 Å². The van der Waals surface area contributed by atoms with Gasteiger partial charge in [-0.15, -0.1) is 0 Å². The topological polar surface area (TPSA) is 68.0 Å². The summed E-state index contributed by atoms with van der Waals surface area (Å²) in [7, 11) is 0. The van der Waals surface area contributed by atoms with Crippen LogP contribution in [0.5, 0.6) is 0 Å². The van der Waals surface area contributed by atoms with Crippen molar-refractivity contribution in [1.82, 2.24) is 10.3 Å². The van der Waals surface area contributed by atoms with Gasteiger partial charge in [0.2, 0.25) is 5.91 Å². The lowest BCUT2D eigenvalue weighted by Gasteiger charge is -2.31. The number of pyridine rings is 1. The number of amides is 1. The van der Waals surface area contributed by atoms with E-state index in [9.17, 15) is 18.0 Å². The SMILES string of the molecule is CC(C)C(NCC1CCC(C(F)(F)F)CC1)c1ccc(C(N)=O)cn1. The van der Waals surface area contributed by atoms with Gasteiger partial charge >= 0.3 is 6.18 Å². The molecule has 0 bridgehead atoms. The molecule has 3 N–H and O–H groups in total. The zero-order chi connectivity index (χ0) is 18.6. The van der Waals surface area contributed by atoms with Gasteiger partial charge < -0.3 is 11.1 Å². The summed E-state index contributed by atoms with van der Waals surface area (Å²) in [6.07, 6.45) is -0.984. The smallest absolute Gasteiger partial charge is 0.366 e. The molecule has 25 heavy (non-hydrogen) atoms. The minimum absolute atomic E-state index is 0.0118. The molecule has 1 aliphatic carbocycles. The predicted octanol–water partition coefficient (Wildman–Crippen LogP) is 3.84. The lowest BCUT2D eigenvalue weighted by molar-refractivity contribution is -0.183. The van der Waals surface area contributed by atoms with E-state index in [1.165, 1.54) is 6.20 Å². The average molecular weight is 357 g/mol. The standard InChI is InChI=1S/C18H26F3N3O/c1-11(2)16(15-8-5-13(10-23-15)17(22)25)24-9-12-3-6-14(7-4-12)18(19,20)21/h5,8,10-12,14,16,24H,3-4,6-7,9H2,1-2H3,(H2,22,25). The van der Waals surface area contributed by atoms with E-state index in [-0.39, 0.29) is 30.7 Å². The molecular formula is C18H26F3N3O. The molecule has 0 aromatic carbocycles. The molecule has 2 rings (SSSR count). The number of halogens is 3. The van der Waals surface area contributed by atoms with E-state index in [1.54, 1.807) is 12.1 Å². The van der Waals surface area contributed by atoms with E-state index >= 15 is 0 Å². The van der Waals surface area contributed by atoms with Crippen LogP contribution in [0.15, 0.2) is 18.3 Å². The van der Waals surface area contributed by atoms with Crippen LogP contribution in [-0.2, 0) is 0 Å². The summed E-state index contributed by atoms with van der Waals surface area (Å²) in [5, 5.41) is 3.45. The first-order valence-electron chi connectivity index (χ1n) is 8.74. The summed E-state index contributed by atoms with van der Waals surface area (Å²) >= 11 is 0. The predicted molar refractivity (Wildman–Crippen MR) is 89.8 cm³/mol. The second-order valence-corrected chi connectivity index (χ2v) is 7.23. The van der Waals surface area contributed by atoms with Crippen LogP contribution in [0.1, 0.15) is 61.6 Å². The first kappa shape index (κ1) is 19.7. The number of primary amides is 1. The first-order chi connectivity index (χ1) is 11.7. The monoisotopic (exact) mass is 357 g/mol. The first-order valence-corrected chi connectivity index (χ1v) is 8.74. The van der Waals surface area contributed by atoms with E-state index in [4.69, 9.17) is 5.73 Å². The van der Waals surface area contributed by atoms with Crippen molar-refractivity contribution in [2.75, 3.05) is 6.54 Å². The van der Waals surface area contributed by atoms with Gasteiger partial charge in [0.05, 0.1) is 23.2 Å². The van der Waals surface area contributed by atoms with Gasteiger partial charge in [-0.25, -0.2) is 0 Å². The van der Waals surface area contributed by atoms with E-state index in [2.05, 4.69) is 24.1 Å². The molecule has 1 aliphatic rings. The Kier molecular flexibility index (Phi) is 6.43. The normalized spacial score (nSPS) is 22.8. The van der Waals surface area contributed by atoms with Gasteiger partial charge in [0, 0.05) is 6.20 Å². The highest BCUT2D eigenvalue weighted by Crippen LogP contribution is 2.39. The maximum Gasteiger partial charge on any atom is 0.391 e. The fraction of sp³-hybridized carbons (Fsp3) is 0.667. The minimum Gasteiger partial charge on any atom is -0.366 e. The molecule has 1 aromatic heterocycles. The van der Waals surface area contributed by atoms with Crippen molar-refractivity contribution in [2.45, 2.75) is 51.7 Å². The quantitative estimate of drug-likeness (QED) is 0.813. The summed E-state index contributed by atoms with van der Waals surface area (Å²) in [5.41, 5.74) is 6.39. The number of rotatable bonds is 6. The molecule has 7 heteroatoms. The highest BCUT2D eigenvalue weighted by molar-refractivity contribution is 5.92. The number of carbonyl (C=O) groups is 1. The largest absolute Gasteiger partial charge is 0.391 e. The van der Waals surface area contributed by atoms with E-state index in [0.29, 0.717) is 24.9 Å². The van der Waals surface area contributed by atoms with Gasteiger partial charge in [-0.2, -0.15) is 13.2 Å². The van der Waals surface area contributed by atoms with Crippen LogP contribution < -0.4 is 11.1 Å². The number of alkyl halides is 3. The lowest BCUT2D eigenvalue weighted by Crippen LogP contribution is -2.35. The van der Waals surface area contributed by atoms with Crippen molar-refractivity contribution >= 4 is 5.91 Å². The van der Waals surface area contributed by atoms with Crippen molar-refractivity contribution in [3.8, 4) is 0 Å². The molecule has 1 atom stereocenters. The Hall–Kier alpha value is -1.63. The van der Waals surface area contributed by atoms with E-state index in [1.807, 2.05) is 0 Å². The zero-order valence-corrected chi connectivity index (χ0v) is 14.6. The Labute approximate surface area is 146 Å². The van der Waals surface area contributed by atoms with Gasteiger partial charge in [-0.05, 0) is 56.2 Å². The fourth-order valence-corrected chi connectivity index (χ4v) is 3.40. The summed E-state index contributed by atoms with van der Waals surface area (Å²) in [6, 6.07) is 3.41. The Morgan fingerprint density at radius 1 is 1.28 bits per heavy atom. The summed E-state index contributed by atoms with van der Waals surface area (Å²) < 4.78 is 38.2. The molecule has 1 heterocycles. The zero-order valence-electron chi connectivity index (χ0n) is 14.6. The number of aromatic nitrogens is 1. The molecule has 1 saturated carbocycles. The van der Waals surface area contributed by atoms with Crippen molar-refractivity contribution in [2.24, 2.45) is 23.5 Å². The summed E-state index contributed by atoms with van der Waals surface area (Å²) in [6.45, 7) is 4.79. The van der Waals surface area contributed by atoms with Crippen LogP contribution in [0.3, 0.4) is 0 Å². The van der Waals surface area contributed by atoms with Crippen molar-refractivity contribution in [1.29, 1.82) is 0 Å². The maximum atomic E-state index is 12.7. The molecule has 0 aliphatic heterocycles. The van der Waals surface area contributed by atoms with E-state index < -0.39 is 18.0 Å². The van der Waals surface area contributed by atoms with Crippen LogP contribution in [0.25, 0.3) is 0 Å². The summed E-state index contributed by atoms with van der Waals surface area (Å²) in [4.78, 5) is 15.4. The Bertz CT molecular complexity index is 564. The van der Waals surface area contributed by atoms with Crippen molar-refractivity contribution < 1.29 is 18.0 Å². The second kappa shape index (κ2) is 8.17. The molecular weight excluding hydrogens is 331 g/mol.